The second-order valence-electron chi connectivity index (χ2n) is 10.9. The van der Waals surface area contributed by atoms with Crippen LogP contribution in [0.25, 0.3) is 21.6 Å². The minimum Gasteiger partial charge on any atom is -0.362 e. The minimum absolute atomic E-state index is 0.396. The Bertz CT molecular complexity index is 1340. The number of hydrogen-bond donors (Lipinski definition) is 1. The fraction of sp³-hybridized carbons (Fsp3) is 0.444. The average molecular weight is 534 g/mol. The smallest absolute Gasteiger partial charge is 0.151 e. The summed E-state index contributed by atoms with van der Waals surface area (Å²) >= 11 is 1.68. The van der Waals surface area contributed by atoms with E-state index in [0.29, 0.717) is 12.6 Å². The lowest BCUT2D eigenvalue weighted by Gasteiger charge is -2.19. The first kappa shape index (κ1) is 25.7. The molecule has 1 saturated carbocycles. The van der Waals surface area contributed by atoms with Gasteiger partial charge in [0.15, 0.2) is 5.01 Å². The Morgan fingerprint density at radius 1 is 1.08 bits per heavy atom. The summed E-state index contributed by atoms with van der Waals surface area (Å²) < 4.78 is 5.94. The molecule has 1 fully saturated rings. The zero-order chi connectivity index (χ0) is 25.8. The molecule has 0 amide bonds. The predicted molar refractivity (Wildman–Crippen MR) is 155 cm³/mol. The van der Waals surface area contributed by atoms with Crippen molar-refractivity contribution < 1.29 is 4.74 Å². The Morgan fingerprint density at radius 3 is 2.68 bits per heavy atom. The second kappa shape index (κ2) is 11.2. The molecular weight excluding hydrogens is 498 g/mol. The van der Waals surface area contributed by atoms with Crippen LogP contribution in [0.5, 0.6) is 0 Å². The Labute approximate surface area is 223 Å². The van der Waals surface area contributed by atoms with Gasteiger partial charge in [0.25, 0.3) is 0 Å². The molecule has 1 aliphatic rings. The monoisotopic (exact) mass is 533 g/mol. The molecule has 4 aromatic heterocycles. The number of fused-ring (bicyclic) bond motifs is 1. The van der Waals surface area contributed by atoms with Crippen LogP contribution in [0.15, 0.2) is 42.9 Å². The van der Waals surface area contributed by atoms with Gasteiger partial charge in [-0.1, -0.05) is 43.8 Å². The van der Waals surface area contributed by atoms with Gasteiger partial charge in [-0.15, -0.1) is 10.2 Å². The summed E-state index contributed by atoms with van der Waals surface area (Å²) in [4.78, 5) is 16.0. The zero-order valence-corrected chi connectivity index (χ0v) is 23.9. The van der Waals surface area contributed by atoms with Crippen molar-refractivity contribution >= 4 is 47.6 Å². The van der Waals surface area contributed by atoms with Gasteiger partial charge < -0.3 is 15.0 Å². The third-order valence-electron chi connectivity index (χ3n) is 6.79. The number of aromatic nitrogens is 5. The number of ether oxygens (including phenoxy) is 1. The highest BCUT2D eigenvalue weighted by Crippen LogP contribution is 2.39. The van der Waals surface area contributed by atoms with Crippen molar-refractivity contribution in [1.82, 2.24) is 25.1 Å². The highest BCUT2D eigenvalue weighted by Gasteiger charge is 2.23. The Hall–Kier alpha value is -2.95. The van der Waals surface area contributed by atoms with E-state index in [-0.39, 0.29) is 0 Å². The Balaban J connectivity index is 1.44. The maximum atomic E-state index is 5.94. The van der Waals surface area contributed by atoms with Crippen molar-refractivity contribution in [3.8, 4) is 10.6 Å². The number of nitrogens with one attached hydrogen (secondary N) is 1. The standard InChI is InChI=1S/C27H35N7OSSi/c1-34(20-10-7-11-28-16-20)21-14-24-23(29-17-21)15-22(25(31-24)30-18-35-12-13-37(2,3)4)27-33-32-26(36-27)19-8-5-6-9-19/h7,10-11,14-17,19H,5-6,8-9,12-13,18H2,1-4H3,(H,30,31). The first-order valence-electron chi connectivity index (χ1n) is 13.0. The molecule has 4 aromatic rings. The highest BCUT2D eigenvalue weighted by molar-refractivity contribution is 7.14. The van der Waals surface area contributed by atoms with Gasteiger partial charge in [-0.3, -0.25) is 9.97 Å². The molecular formula is C27H35N7OSSi. The van der Waals surface area contributed by atoms with Crippen LogP contribution in [0.2, 0.25) is 25.7 Å². The SMILES string of the molecule is CN(c1cccnc1)c1cnc2cc(-c3nnc(C4CCCC4)s3)c(NCOCC[Si](C)(C)C)nc2c1. The quantitative estimate of drug-likeness (QED) is 0.137. The first-order valence-corrected chi connectivity index (χ1v) is 17.5. The van der Waals surface area contributed by atoms with Crippen LogP contribution in [0, 0.1) is 0 Å². The third-order valence-corrected chi connectivity index (χ3v) is 9.61. The normalized spacial score (nSPS) is 14.4. The summed E-state index contributed by atoms with van der Waals surface area (Å²) in [6.07, 6.45) is 10.4. The van der Waals surface area contributed by atoms with E-state index < -0.39 is 8.07 Å². The maximum Gasteiger partial charge on any atom is 0.151 e. The highest BCUT2D eigenvalue weighted by atomic mass is 32.1. The van der Waals surface area contributed by atoms with Gasteiger partial charge in [-0.2, -0.15) is 0 Å². The van der Waals surface area contributed by atoms with Gasteiger partial charge in [0.1, 0.15) is 17.6 Å². The lowest BCUT2D eigenvalue weighted by atomic mass is 10.1. The third kappa shape index (κ3) is 6.31. The van der Waals surface area contributed by atoms with Gasteiger partial charge in [-0.05, 0) is 43.2 Å². The first-order chi connectivity index (χ1) is 17.9. The van der Waals surface area contributed by atoms with E-state index in [1.165, 1.54) is 25.7 Å². The van der Waals surface area contributed by atoms with E-state index in [2.05, 4.69) is 57.2 Å². The number of rotatable bonds is 10. The molecule has 0 saturated heterocycles. The summed E-state index contributed by atoms with van der Waals surface area (Å²) in [6.45, 7) is 8.22. The van der Waals surface area contributed by atoms with E-state index >= 15 is 0 Å². The lowest BCUT2D eigenvalue weighted by molar-refractivity contribution is 0.165. The Kier molecular flexibility index (Phi) is 7.78. The minimum atomic E-state index is -1.14. The molecule has 0 radical (unpaired) electrons. The van der Waals surface area contributed by atoms with Crippen molar-refractivity contribution in [2.24, 2.45) is 0 Å². The van der Waals surface area contributed by atoms with Gasteiger partial charge in [0, 0.05) is 33.8 Å². The van der Waals surface area contributed by atoms with Crippen molar-refractivity contribution in [2.75, 3.05) is 30.6 Å². The molecule has 0 spiro atoms. The molecule has 1 aliphatic carbocycles. The van der Waals surface area contributed by atoms with E-state index in [0.717, 1.165) is 56.5 Å². The largest absolute Gasteiger partial charge is 0.362 e. The fourth-order valence-corrected chi connectivity index (χ4v) is 6.26. The number of hydrogen-bond acceptors (Lipinski definition) is 9. The van der Waals surface area contributed by atoms with Gasteiger partial charge in [0.2, 0.25) is 0 Å². The molecule has 0 atom stereocenters. The molecule has 37 heavy (non-hydrogen) atoms. The van der Waals surface area contributed by atoms with Gasteiger partial charge >= 0.3 is 0 Å². The molecule has 0 unspecified atom stereocenters. The number of anilines is 3. The van der Waals surface area contributed by atoms with Crippen molar-refractivity contribution in [3.05, 3.63) is 47.9 Å². The van der Waals surface area contributed by atoms with Crippen molar-refractivity contribution in [2.45, 2.75) is 57.3 Å². The summed E-state index contributed by atoms with van der Waals surface area (Å²) in [6, 6.07) is 9.20. The topological polar surface area (TPSA) is 89.0 Å². The fourth-order valence-electron chi connectivity index (χ4n) is 4.47. The lowest BCUT2D eigenvalue weighted by Crippen LogP contribution is -2.22. The van der Waals surface area contributed by atoms with Gasteiger partial charge in [0.05, 0.1) is 40.4 Å². The van der Waals surface area contributed by atoms with E-state index in [4.69, 9.17) is 14.7 Å². The Morgan fingerprint density at radius 2 is 1.92 bits per heavy atom. The number of pyridine rings is 3. The predicted octanol–water partition coefficient (Wildman–Crippen LogP) is 6.69. The molecule has 10 heteroatoms. The molecule has 194 valence electrons. The van der Waals surface area contributed by atoms with Crippen LogP contribution in [0.4, 0.5) is 17.2 Å². The molecule has 0 aliphatic heterocycles. The van der Waals surface area contributed by atoms with E-state index in [1.807, 2.05) is 31.6 Å². The van der Waals surface area contributed by atoms with E-state index in [9.17, 15) is 0 Å². The summed E-state index contributed by atoms with van der Waals surface area (Å²) in [5, 5.41) is 14.6. The molecule has 5 rings (SSSR count). The van der Waals surface area contributed by atoms with Gasteiger partial charge in [-0.25, -0.2) is 4.98 Å². The summed E-state index contributed by atoms with van der Waals surface area (Å²) in [5.41, 5.74) is 4.48. The summed E-state index contributed by atoms with van der Waals surface area (Å²) in [5.74, 6) is 1.28. The zero-order valence-electron chi connectivity index (χ0n) is 22.1. The molecule has 4 heterocycles. The van der Waals surface area contributed by atoms with Crippen LogP contribution in [0.1, 0.15) is 36.6 Å². The van der Waals surface area contributed by atoms with Crippen molar-refractivity contribution in [3.63, 3.8) is 0 Å². The molecule has 8 nitrogen and oxygen atoms in total. The van der Waals surface area contributed by atoms with Crippen LogP contribution in [0.3, 0.4) is 0 Å². The van der Waals surface area contributed by atoms with Crippen molar-refractivity contribution in [1.29, 1.82) is 0 Å². The molecule has 0 bridgehead atoms. The molecule has 1 N–H and O–H groups in total. The average Bonchev–Trinajstić information content (AvgIpc) is 3.60. The second-order valence-corrected chi connectivity index (χ2v) is 17.5. The summed E-state index contributed by atoms with van der Waals surface area (Å²) in [7, 11) is 0.861. The van der Waals surface area contributed by atoms with Crippen LogP contribution < -0.4 is 10.2 Å². The molecule has 0 aromatic carbocycles. The number of nitrogens with zero attached hydrogens (tertiary/aromatic N) is 6. The van der Waals surface area contributed by atoms with Crippen LogP contribution in [-0.4, -0.2) is 53.6 Å². The van der Waals surface area contributed by atoms with E-state index in [1.54, 1.807) is 17.5 Å². The maximum absolute atomic E-state index is 5.94. The van der Waals surface area contributed by atoms with Crippen LogP contribution in [-0.2, 0) is 4.74 Å². The van der Waals surface area contributed by atoms with Crippen LogP contribution >= 0.6 is 11.3 Å².